The average molecular weight is 396 g/mol. The van der Waals surface area contributed by atoms with E-state index < -0.39 is 6.04 Å². The topological polar surface area (TPSA) is 49.4 Å². The number of aryl methyl sites for hydroxylation is 1. The number of fused-ring (bicyclic) bond motifs is 2. The zero-order valence-corrected chi connectivity index (χ0v) is 16.8. The number of anilines is 2. The second kappa shape index (κ2) is 7.79. The van der Waals surface area contributed by atoms with Gasteiger partial charge in [-0.1, -0.05) is 48.5 Å². The van der Waals surface area contributed by atoms with Gasteiger partial charge in [-0.3, -0.25) is 14.5 Å². The van der Waals surface area contributed by atoms with E-state index in [2.05, 4.69) is 11.4 Å². The molecule has 1 atom stereocenters. The Morgan fingerprint density at radius 2 is 1.53 bits per heavy atom. The molecule has 4 heteroatoms. The van der Waals surface area contributed by atoms with Gasteiger partial charge >= 0.3 is 0 Å². The Bertz CT molecular complexity index is 1110. The maximum absolute atomic E-state index is 13.4. The molecule has 30 heavy (non-hydrogen) atoms. The lowest BCUT2D eigenvalue weighted by Gasteiger charge is -2.26. The summed E-state index contributed by atoms with van der Waals surface area (Å²) in [6.07, 6.45) is 4.92. The van der Waals surface area contributed by atoms with Crippen LogP contribution in [0.15, 0.2) is 72.8 Å². The Morgan fingerprint density at radius 3 is 2.40 bits per heavy atom. The minimum atomic E-state index is -0.561. The first kappa shape index (κ1) is 18.6. The van der Waals surface area contributed by atoms with Crippen molar-refractivity contribution in [2.45, 2.75) is 38.1 Å². The summed E-state index contributed by atoms with van der Waals surface area (Å²) in [5.74, 6) is -0.273. The molecule has 1 heterocycles. The van der Waals surface area contributed by atoms with Crippen molar-refractivity contribution in [3.8, 4) is 0 Å². The van der Waals surface area contributed by atoms with Gasteiger partial charge in [0.1, 0.15) is 6.04 Å². The summed E-state index contributed by atoms with van der Waals surface area (Å²) in [5.41, 5.74) is 5.89. The van der Waals surface area contributed by atoms with Crippen molar-refractivity contribution in [1.29, 1.82) is 0 Å². The van der Waals surface area contributed by atoms with Crippen LogP contribution >= 0.6 is 0 Å². The standard InChI is InChI=1S/C26H24N2O2/c29-25(27-22-15-8-13-18-9-4-6-14-21(18)22)24-17-20-12-5-7-16-23(20)28(24)26(30)19-10-2-1-3-11-19/h1-3,5,7-8,10-13,15-16,24H,4,6,9,14,17H2,(H,27,29). The van der Waals surface area contributed by atoms with Crippen molar-refractivity contribution in [3.63, 3.8) is 0 Å². The van der Waals surface area contributed by atoms with Crippen LogP contribution in [0.25, 0.3) is 0 Å². The van der Waals surface area contributed by atoms with Crippen LogP contribution in [0.2, 0.25) is 0 Å². The van der Waals surface area contributed by atoms with Crippen molar-refractivity contribution in [3.05, 3.63) is 95.1 Å². The van der Waals surface area contributed by atoms with Gasteiger partial charge in [-0.15, -0.1) is 0 Å². The molecule has 0 bridgehead atoms. The lowest BCUT2D eigenvalue weighted by atomic mass is 9.90. The number of carbonyl (C=O) groups excluding carboxylic acids is 2. The molecular weight excluding hydrogens is 372 g/mol. The Labute approximate surface area is 176 Å². The molecule has 5 rings (SSSR count). The molecule has 0 aromatic heterocycles. The molecule has 1 aliphatic carbocycles. The smallest absolute Gasteiger partial charge is 0.259 e. The van der Waals surface area contributed by atoms with Gasteiger partial charge in [0.05, 0.1) is 0 Å². The summed E-state index contributed by atoms with van der Waals surface area (Å²) in [4.78, 5) is 28.4. The van der Waals surface area contributed by atoms with Gasteiger partial charge in [-0.25, -0.2) is 0 Å². The molecule has 2 amide bonds. The Balaban J connectivity index is 1.47. The highest BCUT2D eigenvalue weighted by Crippen LogP contribution is 2.35. The van der Waals surface area contributed by atoms with Gasteiger partial charge < -0.3 is 5.32 Å². The van der Waals surface area contributed by atoms with E-state index in [1.165, 1.54) is 17.5 Å². The highest BCUT2D eigenvalue weighted by molar-refractivity contribution is 6.13. The third-order valence-corrected chi connectivity index (χ3v) is 6.17. The third-order valence-electron chi connectivity index (χ3n) is 6.17. The minimum Gasteiger partial charge on any atom is -0.324 e. The molecule has 0 saturated carbocycles. The maximum atomic E-state index is 13.4. The van der Waals surface area contributed by atoms with Crippen molar-refractivity contribution >= 4 is 23.2 Å². The third kappa shape index (κ3) is 3.28. The van der Waals surface area contributed by atoms with E-state index in [-0.39, 0.29) is 11.8 Å². The van der Waals surface area contributed by atoms with Gasteiger partial charge in [-0.2, -0.15) is 0 Å². The largest absolute Gasteiger partial charge is 0.324 e. The fourth-order valence-corrected chi connectivity index (χ4v) is 4.68. The molecule has 2 aliphatic rings. The van der Waals surface area contributed by atoms with E-state index in [0.717, 1.165) is 36.2 Å². The molecule has 1 N–H and O–H groups in total. The molecule has 1 aliphatic heterocycles. The highest BCUT2D eigenvalue weighted by Gasteiger charge is 2.38. The summed E-state index contributed by atoms with van der Waals surface area (Å²) in [6, 6.07) is 22.6. The molecule has 0 spiro atoms. The van der Waals surface area contributed by atoms with Crippen LogP contribution in [0, 0.1) is 0 Å². The summed E-state index contributed by atoms with van der Waals surface area (Å²) < 4.78 is 0. The summed E-state index contributed by atoms with van der Waals surface area (Å²) in [5, 5.41) is 3.15. The van der Waals surface area contributed by atoms with Crippen LogP contribution in [0.4, 0.5) is 11.4 Å². The molecule has 0 fully saturated rings. The number of benzene rings is 3. The predicted molar refractivity (Wildman–Crippen MR) is 119 cm³/mol. The Morgan fingerprint density at radius 1 is 0.800 bits per heavy atom. The molecule has 0 saturated heterocycles. The summed E-state index contributed by atoms with van der Waals surface area (Å²) in [7, 11) is 0. The Kier molecular flexibility index (Phi) is 4.83. The van der Waals surface area contributed by atoms with Crippen molar-refractivity contribution in [1.82, 2.24) is 0 Å². The first-order chi connectivity index (χ1) is 14.7. The number of rotatable bonds is 3. The van der Waals surface area contributed by atoms with Crippen LogP contribution in [0.1, 0.15) is 39.9 Å². The Hall–Kier alpha value is -3.40. The van der Waals surface area contributed by atoms with Crippen LogP contribution in [0.5, 0.6) is 0 Å². The maximum Gasteiger partial charge on any atom is 0.259 e. The number of hydrogen-bond donors (Lipinski definition) is 1. The van der Waals surface area contributed by atoms with Gasteiger partial charge in [0.15, 0.2) is 0 Å². The fourth-order valence-electron chi connectivity index (χ4n) is 4.68. The van der Waals surface area contributed by atoms with E-state index in [4.69, 9.17) is 0 Å². The fraction of sp³-hybridized carbons (Fsp3) is 0.231. The van der Waals surface area contributed by atoms with Gasteiger partial charge in [0.25, 0.3) is 5.91 Å². The highest BCUT2D eigenvalue weighted by atomic mass is 16.2. The van der Waals surface area contributed by atoms with Crippen LogP contribution in [0.3, 0.4) is 0 Å². The van der Waals surface area contributed by atoms with Crippen molar-refractivity contribution in [2.24, 2.45) is 0 Å². The molecule has 3 aromatic carbocycles. The molecule has 3 aromatic rings. The number of nitrogens with one attached hydrogen (secondary N) is 1. The van der Waals surface area contributed by atoms with E-state index in [1.807, 2.05) is 54.6 Å². The monoisotopic (exact) mass is 396 g/mol. The van der Waals surface area contributed by atoms with Crippen LogP contribution < -0.4 is 10.2 Å². The molecule has 0 radical (unpaired) electrons. The summed E-state index contributed by atoms with van der Waals surface area (Å²) in [6.45, 7) is 0. The second-order valence-electron chi connectivity index (χ2n) is 8.03. The van der Waals surface area contributed by atoms with Gasteiger partial charge in [0.2, 0.25) is 5.91 Å². The van der Waals surface area contributed by atoms with E-state index in [0.29, 0.717) is 12.0 Å². The molecule has 1 unspecified atom stereocenters. The second-order valence-corrected chi connectivity index (χ2v) is 8.03. The normalized spacial score (nSPS) is 17.2. The van der Waals surface area contributed by atoms with Crippen molar-refractivity contribution in [2.75, 3.05) is 10.2 Å². The molecule has 150 valence electrons. The number of hydrogen-bond acceptors (Lipinski definition) is 2. The quantitative estimate of drug-likeness (QED) is 0.693. The van der Waals surface area contributed by atoms with E-state index in [1.54, 1.807) is 17.0 Å². The summed E-state index contributed by atoms with van der Waals surface area (Å²) >= 11 is 0. The number of nitrogens with zero attached hydrogens (tertiary/aromatic N) is 1. The first-order valence-corrected chi connectivity index (χ1v) is 10.6. The average Bonchev–Trinajstić information content (AvgIpc) is 3.19. The van der Waals surface area contributed by atoms with E-state index >= 15 is 0 Å². The zero-order valence-electron chi connectivity index (χ0n) is 16.8. The van der Waals surface area contributed by atoms with Gasteiger partial charge in [-0.05, 0) is 66.6 Å². The number of carbonyl (C=O) groups is 2. The first-order valence-electron chi connectivity index (χ1n) is 10.6. The predicted octanol–water partition coefficient (Wildman–Crippen LogP) is 4.78. The lowest BCUT2D eigenvalue weighted by molar-refractivity contribution is -0.117. The van der Waals surface area contributed by atoms with Gasteiger partial charge in [0, 0.05) is 23.4 Å². The van der Waals surface area contributed by atoms with Crippen molar-refractivity contribution < 1.29 is 9.59 Å². The SMILES string of the molecule is O=C(Nc1cccc2c1CCCC2)C1Cc2ccccc2N1C(=O)c1ccccc1. The molecule has 4 nitrogen and oxygen atoms in total. The minimum absolute atomic E-state index is 0.130. The lowest BCUT2D eigenvalue weighted by Crippen LogP contribution is -2.45. The van der Waals surface area contributed by atoms with Crippen LogP contribution in [-0.2, 0) is 24.1 Å². The van der Waals surface area contributed by atoms with Crippen LogP contribution in [-0.4, -0.2) is 17.9 Å². The number of para-hydroxylation sites is 1. The van der Waals surface area contributed by atoms with E-state index in [9.17, 15) is 9.59 Å². The zero-order chi connectivity index (χ0) is 20.5. The number of amides is 2. The molecular formula is C26H24N2O2.